The van der Waals surface area contributed by atoms with Crippen LogP contribution in [0, 0.1) is 5.82 Å². The van der Waals surface area contributed by atoms with Crippen LogP contribution in [-0.4, -0.2) is 16.5 Å². The number of nitrogens with zero attached hydrogens (tertiary/aromatic N) is 1. The second-order valence-corrected chi connectivity index (χ2v) is 4.93. The van der Waals surface area contributed by atoms with Gasteiger partial charge in [-0.25, -0.2) is 9.37 Å². The van der Waals surface area contributed by atoms with E-state index in [1.54, 1.807) is 12.3 Å². The summed E-state index contributed by atoms with van der Waals surface area (Å²) in [6, 6.07) is 4.32. The first-order valence-corrected chi connectivity index (χ1v) is 6.73. The van der Waals surface area contributed by atoms with E-state index in [9.17, 15) is 4.39 Å². The van der Waals surface area contributed by atoms with Crippen LogP contribution in [0.5, 0.6) is 0 Å². The summed E-state index contributed by atoms with van der Waals surface area (Å²) in [4.78, 5) is 7.59. The number of imidazole rings is 1. The van der Waals surface area contributed by atoms with E-state index < -0.39 is 0 Å². The zero-order chi connectivity index (χ0) is 13.8. The molecule has 0 bridgehead atoms. The summed E-state index contributed by atoms with van der Waals surface area (Å²) in [5.41, 5.74) is 7.28. The highest BCUT2D eigenvalue weighted by Gasteiger charge is 2.14. The SMILES string of the molecule is CCCC(CN)c1ncc(-c2ccc(F)cc2Cl)[nH]1. The van der Waals surface area contributed by atoms with E-state index in [1.165, 1.54) is 12.1 Å². The average Bonchev–Trinajstić information content (AvgIpc) is 2.85. The second-order valence-electron chi connectivity index (χ2n) is 4.53. The summed E-state index contributed by atoms with van der Waals surface area (Å²) in [6.07, 6.45) is 3.75. The van der Waals surface area contributed by atoms with Crippen molar-refractivity contribution >= 4 is 11.6 Å². The Labute approximate surface area is 117 Å². The van der Waals surface area contributed by atoms with E-state index in [0.29, 0.717) is 11.6 Å². The van der Waals surface area contributed by atoms with Crippen molar-refractivity contribution in [2.75, 3.05) is 6.54 Å². The lowest BCUT2D eigenvalue weighted by atomic mass is 10.0. The molecule has 0 spiro atoms. The van der Waals surface area contributed by atoms with Gasteiger partial charge in [0.15, 0.2) is 0 Å². The maximum absolute atomic E-state index is 13.0. The minimum absolute atomic E-state index is 0.220. The van der Waals surface area contributed by atoms with Crippen LogP contribution in [0.25, 0.3) is 11.3 Å². The van der Waals surface area contributed by atoms with Gasteiger partial charge in [-0.2, -0.15) is 0 Å². The molecule has 2 rings (SSSR count). The normalized spacial score (nSPS) is 12.6. The van der Waals surface area contributed by atoms with Gasteiger partial charge in [0.1, 0.15) is 11.6 Å². The van der Waals surface area contributed by atoms with E-state index >= 15 is 0 Å². The maximum Gasteiger partial charge on any atom is 0.124 e. The Bertz CT molecular complexity index is 553. The predicted molar refractivity (Wildman–Crippen MR) is 75.7 cm³/mol. The third-order valence-corrected chi connectivity index (χ3v) is 3.44. The van der Waals surface area contributed by atoms with Gasteiger partial charge in [-0.1, -0.05) is 24.9 Å². The zero-order valence-electron chi connectivity index (χ0n) is 10.8. The first-order valence-electron chi connectivity index (χ1n) is 6.36. The lowest BCUT2D eigenvalue weighted by molar-refractivity contribution is 0.595. The van der Waals surface area contributed by atoms with Crippen molar-refractivity contribution in [3.63, 3.8) is 0 Å². The molecule has 1 heterocycles. The van der Waals surface area contributed by atoms with E-state index in [1.807, 2.05) is 0 Å². The molecule has 5 heteroatoms. The van der Waals surface area contributed by atoms with Crippen LogP contribution in [0.4, 0.5) is 4.39 Å². The highest BCUT2D eigenvalue weighted by molar-refractivity contribution is 6.33. The topological polar surface area (TPSA) is 54.7 Å². The van der Waals surface area contributed by atoms with Crippen LogP contribution < -0.4 is 5.73 Å². The lowest BCUT2D eigenvalue weighted by Crippen LogP contribution is -2.13. The second kappa shape index (κ2) is 6.17. The summed E-state index contributed by atoms with van der Waals surface area (Å²) >= 11 is 6.04. The van der Waals surface area contributed by atoms with Gasteiger partial charge in [0.05, 0.1) is 16.9 Å². The third-order valence-electron chi connectivity index (χ3n) is 3.13. The summed E-state index contributed by atoms with van der Waals surface area (Å²) in [5, 5.41) is 0.370. The van der Waals surface area contributed by atoms with Gasteiger partial charge in [0, 0.05) is 18.0 Å². The molecule has 0 saturated carbocycles. The maximum atomic E-state index is 13.0. The predicted octanol–water partition coefficient (Wildman–Crippen LogP) is 3.71. The van der Waals surface area contributed by atoms with Gasteiger partial charge >= 0.3 is 0 Å². The fourth-order valence-electron chi connectivity index (χ4n) is 2.10. The zero-order valence-corrected chi connectivity index (χ0v) is 11.5. The fraction of sp³-hybridized carbons (Fsp3) is 0.357. The minimum Gasteiger partial charge on any atom is -0.342 e. The molecule has 3 nitrogen and oxygen atoms in total. The molecule has 0 aliphatic heterocycles. The van der Waals surface area contributed by atoms with Crippen molar-refractivity contribution in [1.82, 2.24) is 9.97 Å². The van der Waals surface area contributed by atoms with Crippen molar-refractivity contribution < 1.29 is 4.39 Å². The number of H-pyrrole nitrogens is 1. The number of hydrogen-bond acceptors (Lipinski definition) is 2. The number of rotatable bonds is 5. The number of aromatic amines is 1. The Hall–Kier alpha value is -1.39. The van der Waals surface area contributed by atoms with Crippen LogP contribution in [0.1, 0.15) is 31.5 Å². The molecule has 0 saturated heterocycles. The van der Waals surface area contributed by atoms with E-state index in [4.69, 9.17) is 17.3 Å². The molecule has 19 heavy (non-hydrogen) atoms. The lowest BCUT2D eigenvalue weighted by Gasteiger charge is -2.10. The molecule has 1 unspecified atom stereocenters. The largest absolute Gasteiger partial charge is 0.342 e. The van der Waals surface area contributed by atoms with Crippen molar-refractivity contribution in [1.29, 1.82) is 0 Å². The summed E-state index contributed by atoms with van der Waals surface area (Å²) in [6.45, 7) is 2.67. The fourth-order valence-corrected chi connectivity index (χ4v) is 2.37. The molecule has 0 aliphatic rings. The smallest absolute Gasteiger partial charge is 0.124 e. The van der Waals surface area contributed by atoms with Gasteiger partial charge in [-0.3, -0.25) is 0 Å². The molecule has 102 valence electrons. The minimum atomic E-state index is -0.348. The van der Waals surface area contributed by atoms with Crippen molar-refractivity contribution in [3.05, 3.63) is 41.1 Å². The Kier molecular flexibility index (Phi) is 4.56. The molecule has 0 radical (unpaired) electrons. The highest BCUT2D eigenvalue weighted by Crippen LogP contribution is 2.28. The first-order chi connectivity index (χ1) is 9.15. The van der Waals surface area contributed by atoms with Crippen LogP contribution >= 0.6 is 11.6 Å². The van der Waals surface area contributed by atoms with Gasteiger partial charge in [-0.05, 0) is 24.6 Å². The quantitative estimate of drug-likeness (QED) is 0.878. The molecular formula is C14H17ClFN3. The Morgan fingerprint density at radius 2 is 2.26 bits per heavy atom. The van der Waals surface area contributed by atoms with Crippen LogP contribution in [0.3, 0.4) is 0 Å². The highest BCUT2D eigenvalue weighted by atomic mass is 35.5. The number of halogens is 2. The molecular weight excluding hydrogens is 265 g/mol. The van der Waals surface area contributed by atoms with Crippen LogP contribution in [-0.2, 0) is 0 Å². The van der Waals surface area contributed by atoms with E-state index in [0.717, 1.165) is 29.9 Å². The molecule has 0 amide bonds. The summed E-state index contributed by atoms with van der Waals surface area (Å²) in [7, 11) is 0. The standard InChI is InChI=1S/C14H17ClFN3/c1-2-3-9(7-17)14-18-8-13(19-14)11-5-4-10(16)6-12(11)15/h4-6,8-9H,2-3,7,17H2,1H3,(H,18,19). The molecule has 1 atom stereocenters. The third kappa shape index (κ3) is 3.14. The van der Waals surface area contributed by atoms with Gasteiger partial charge < -0.3 is 10.7 Å². The monoisotopic (exact) mass is 281 g/mol. The van der Waals surface area contributed by atoms with Crippen LogP contribution in [0.15, 0.2) is 24.4 Å². The number of nitrogens with one attached hydrogen (secondary N) is 1. The summed E-state index contributed by atoms with van der Waals surface area (Å²) in [5.74, 6) is 0.733. The number of nitrogens with two attached hydrogens (primary N) is 1. The van der Waals surface area contributed by atoms with Gasteiger partial charge in [-0.15, -0.1) is 0 Å². The van der Waals surface area contributed by atoms with Crippen molar-refractivity contribution in [2.24, 2.45) is 5.73 Å². The molecule has 0 fully saturated rings. The molecule has 2 aromatic rings. The molecule has 1 aromatic heterocycles. The molecule has 3 N–H and O–H groups in total. The first kappa shape index (κ1) is 14.0. The van der Waals surface area contributed by atoms with Crippen molar-refractivity contribution in [2.45, 2.75) is 25.7 Å². The van der Waals surface area contributed by atoms with E-state index in [2.05, 4.69) is 16.9 Å². The number of aromatic nitrogens is 2. The Morgan fingerprint density at radius 1 is 1.47 bits per heavy atom. The molecule has 0 aliphatic carbocycles. The Balaban J connectivity index is 2.29. The summed E-state index contributed by atoms with van der Waals surface area (Å²) < 4.78 is 13.0. The number of hydrogen-bond donors (Lipinski definition) is 2. The van der Waals surface area contributed by atoms with Gasteiger partial charge in [0.2, 0.25) is 0 Å². The number of benzene rings is 1. The van der Waals surface area contributed by atoms with Crippen molar-refractivity contribution in [3.8, 4) is 11.3 Å². The van der Waals surface area contributed by atoms with Crippen LogP contribution in [0.2, 0.25) is 5.02 Å². The average molecular weight is 282 g/mol. The van der Waals surface area contributed by atoms with Gasteiger partial charge in [0.25, 0.3) is 0 Å². The van der Waals surface area contributed by atoms with E-state index in [-0.39, 0.29) is 11.7 Å². The Morgan fingerprint density at radius 3 is 2.89 bits per heavy atom. The molecule has 1 aromatic carbocycles.